The minimum Gasteiger partial charge on any atom is -0.497 e. The highest BCUT2D eigenvalue weighted by atomic mass is 16.6. The highest BCUT2D eigenvalue weighted by Crippen LogP contribution is 2.31. The van der Waals surface area contributed by atoms with Crippen molar-refractivity contribution >= 4 is 12.1 Å². The van der Waals surface area contributed by atoms with Crippen molar-refractivity contribution in [3.63, 3.8) is 0 Å². The number of carboxylic acid groups (broad SMARTS) is 1. The minimum absolute atomic E-state index is 0.0856. The van der Waals surface area contributed by atoms with E-state index in [1.54, 1.807) is 25.3 Å². The number of benzene rings is 2. The molecule has 1 N–H and O–H groups in total. The van der Waals surface area contributed by atoms with E-state index in [4.69, 9.17) is 9.47 Å². The fourth-order valence-electron chi connectivity index (χ4n) is 2.94. The molecular formula is C19H19NO5. The molecular weight excluding hydrogens is 322 g/mol. The minimum atomic E-state index is -0.966. The molecule has 0 saturated carbocycles. The number of carbonyl (C=O) groups excluding carboxylic acids is 1. The van der Waals surface area contributed by atoms with Crippen LogP contribution in [0.4, 0.5) is 4.79 Å². The largest absolute Gasteiger partial charge is 0.497 e. The summed E-state index contributed by atoms with van der Waals surface area (Å²) in [6, 6.07) is 14.6. The Morgan fingerprint density at radius 3 is 2.64 bits per heavy atom. The first-order valence-corrected chi connectivity index (χ1v) is 7.93. The molecule has 1 atom stereocenters. The molecule has 1 heterocycles. The Balaban J connectivity index is 1.76. The SMILES string of the molecule is COc1ccc2c(c1)CN(C(=O)OCc1ccccc1)CC2C(=O)O. The molecule has 0 aliphatic carbocycles. The van der Waals surface area contributed by atoms with Gasteiger partial charge in [0.1, 0.15) is 12.4 Å². The maximum absolute atomic E-state index is 12.4. The van der Waals surface area contributed by atoms with Gasteiger partial charge in [-0.05, 0) is 28.8 Å². The van der Waals surface area contributed by atoms with Crippen LogP contribution in [-0.2, 0) is 22.7 Å². The van der Waals surface area contributed by atoms with Crippen LogP contribution in [0.25, 0.3) is 0 Å². The predicted molar refractivity (Wildman–Crippen MR) is 90.4 cm³/mol. The van der Waals surface area contributed by atoms with Crippen molar-refractivity contribution in [2.24, 2.45) is 0 Å². The molecule has 2 aromatic carbocycles. The average molecular weight is 341 g/mol. The molecule has 3 rings (SSSR count). The van der Waals surface area contributed by atoms with Gasteiger partial charge in [0.25, 0.3) is 0 Å². The van der Waals surface area contributed by atoms with Gasteiger partial charge in [-0.2, -0.15) is 0 Å². The van der Waals surface area contributed by atoms with Crippen LogP contribution in [0.1, 0.15) is 22.6 Å². The number of ether oxygens (including phenoxy) is 2. The standard InChI is InChI=1S/C19H19NO5/c1-24-15-7-8-16-14(9-15)10-20(11-17(16)18(21)22)19(23)25-12-13-5-3-2-4-6-13/h2-9,17H,10-12H2,1H3,(H,21,22). The molecule has 1 aliphatic rings. The van der Waals surface area contributed by atoms with E-state index in [-0.39, 0.29) is 13.2 Å². The number of amides is 1. The second-order valence-electron chi connectivity index (χ2n) is 5.88. The highest BCUT2D eigenvalue weighted by Gasteiger charge is 2.33. The number of carboxylic acids is 1. The van der Waals surface area contributed by atoms with Gasteiger partial charge in [-0.3, -0.25) is 4.79 Å². The summed E-state index contributed by atoms with van der Waals surface area (Å²) in [5, 5.41) is 9.51. The molecule has 0 fully saturated rings. The van der Waals surface area contributed by atoms with Gasteiger partial charge in [0.05, 0.1) is 13.0 Å². The zero-order chi connectivity index (χ0) is 17.8. The summed E-state index contributed by atoms with van der Waals surface area (Å²) in [6.45, 7) is 0.533. The topological polar surface area (TPSA) is 76.1 Å². The number of hydrogen-bond donors (Lipinski definition) is 1. The molecule has 130 valence electrons. The van der Waals surface area contributed by atoms with Crippen LogP contribution in [-0.4, -0.2) is 35.7 Å². The summed E-state index contributed by atoms with van der Waals surface area (Å²) in [6.07, 6.45) is -0.524. The lowest BCUT2D eigenvalue weighted by atomic mass is 9.90. The first kappa shape index (κ1) is 16.8. The van der Waals surface area contributed by atoms with Crippen LogP contribution in [0.2, 0.25) is 0 Å². The van der Waals surface area contributed by atoms with Crippen LogP contribution in [0, 0.1) is 0 Å². The van der Waals surface area contributed by atoms with Crippen molar-refractivity contribution in [1.82, 2.24) is 4.90 Å². The van der Waals surface area contributed by atoms with Crippen molar-refractivity contribution in [1.29, 1.82) is 0 Å². The zero-order valence-corrected chi connectivity index (χ0v) is 13.8. The maximum atomic E-state index is 12.4. The number of aliphatic carboxylic acids is 1. The summed E-state index contributed by atoms with van der Waals surface area (Å²) >= 11 is 0. The summed E-state index contributed by atoms with van der Waals surface area (Å²) < 4.78 is 10.5. The summed E-state index contributed by atoms with van der Waals surface area (Å²) in [5.41, 5.74) is 2.35. The molecule has 0 bridgehead atoms. The van der Waals surface area contributed by atoms with E-state index in [9.17, 15) is 14.7 Å². The monoisotopic (exact) mass is 341 g/mol. The molecule has 25 heavy (non-hydrogen) atoms. The van der Waals surface area contributed by atoms with Crippen molar-refractivity contribution in [2.75, 3.05) is 13.7 Å². The van der Waals surface area contributed by atoms with Crippen LogP contribution in [0.5, 0.6) is 5.75 Å². The lowest BCUT2D eigenvalue weighted by Gasteiger charge is -2.32. The number of fused-ring (bicyclic) bond motifs is 1. The second kappa shape index (κ2) is 7.25. The number of hydrogen-bond acceptors (Lipinski definition) is 4. The Morgan fingerprint density at radius 1 is 1.20 bits per heavy atom. The average Bonchev–Trinajstić information content (AvgIpc) is 2.65. The lowest BCUT2D eigenvalue weighted by Crippen LogP contribution is -2.40. The van der Waals surface area contributed by atoms with Gasteiger partial charge in [-0.25, -0.2) is 4.79 Å². The number of carbonyl (C=O) groups is 2. The van der Waals surface area contributed by atoms with E-state index in [2.05, 4.69) is 0 Å². The molecule has 1 unspecified atom stereocenters. The first-order chi connectivity index (χ1) is 12.1. The number of nitrogens with zero attached hydrogens (tertiary/aromatic N) is 1. The van der Waals surface area contributed by atoms with Crippen LogP contribution < -0.4 is 4.74 Å². The fraction of sp³-hybridized carbons (Fsp3) is 0.263. The third-order valence-corrected chi connectivity index (χ3v) is 4.25. The normalized spacial score (nSPS) is 16.0. The first-order valence-electron chi connectivity index (χ1n) is 7.93. The third kappa shape index (κ3) is 3.74. The molecule has 0 saturated heterocycles. The second-order valence-corrected chi connectivity index (χ2v) is 5.88. The van der Waals surface area contributed by atoms with Gasteiger partial charge >= 0.3 is 12.1 Å². The van der Waals surface area contributed by atoms with Crippen molar-refractivity contribution in [3.8, 4) is 5.75 Å². The van der Waals surface area contributed by atoms with Crippen molar-refractivity contribution in [2.45, 2.75) is 19.1 Å². The number of rotatable bonds is 4. The highest BCUT2D eigenvalue weighted by molar-refractivity contribution is 5.79. The fourth-order valence-corrected chi connectivity index (χ4v) is 2.94. The third-order valence-electron chi connectivity index (χ3n) is 4.25. The van der Waals surface area contributed by atoms with Crippen molar-refractivity contribution < 1.29 is 24.2 Å². The molecule has 6 heteroatoms. The van der Waals surface area contributed by atoms with Crippen LogP contribution in [0.3, 0.4) is 0 Å². The molecule has 6 nitrogen and oxygen atoms in total. The van der Waals surface area contributed by atoms with Crippen LogP contribution >= 0.6 is 0 Å². The molecule has 1 amide bonds. The van der Waals surface area contributed by atoms with Gasteiger partial charge in [0.15, 0.2) is 0 Å². The van der Waals surface area contributed by atoms with Gasteiger partial charge in [0.2, 0.25) is 0 Å². The van der Waals surface area contributed by atoms with E-state index >= 15 is 0 Å². The van der Waals surface area contributed by atoms with Gasteiger partial charge < -0.3 is 19.5 Å². The molecule has 0 spiro atoms. The van der Waals surface area contributed by atoms with E-state index < -0.39 is 18.0 Å². The van der Waals surface area contributed by atoms with E-state index in [0.717, 1.165) is 11.1 Å². The Morgan fingerprint density at radius 2 is 1.96 bits per heavy atom. The smallest absolute Gasteiger partial charge is 0.410 e. The maximum Gasteiger partial charge on any atom is 0.410 e. The molecule has 0 aromatic heterocycles. The summed E-state index contributed by atoms with van der Waals surface area (Å²) in [4.78, 5) is 25.4. The Kier molecular flexibility index (Phi) is 4.88. The van der Waals surface area contributed by atoms with Crippen LogP contribution in [0.15, 0.2) is 48.5 Å². The van der Waals surface area contributed by atoms with Gasteiger partial charge in [-0.15, -0.1) is 0 Å². The molecule has 0 radical (unpaired) electrons. The zero-order valence-electron chi connectivity index (χ0n) is 13.8. The Bertz CT molecular complexity index is 775. The van der Waals surface area contributed by atoms with Gasteiger partial charge in [-0.1, -0.05) is 36.4 Å². The molecule has 1 aliphatic heterocycles. The summed E-state index contributed by atoms with van der Waals surface area (Å²) in [7, 11) is 1.55. The van der Waals surface area contributed by atoms with E-state index in [1.165, 1.54) is 4.90 Å². The van der Waals surface area contributed by atoms with E-state index in [0.29, 0.717) is 17.9 Å². The van der Waals surface area contributed by atoms with Crippen molar-refractivity contribution in [3.05, 3.63) is 65.2 Å². The van der Waals surface area contributed by atoms with E-state index in [1.807, 2.05) is 30.3 Å². The Labute approximate surface area is 145 Å². The summed E-state index contributed by atoms with van der Waals surface area (Å²) in [5.74, 6) is -1.12. The predicted octanol–water partition coefficient (Wildman–Crippen LogP) is 3.02. The Hall–Kier alpha value is -3.02. The lowest BCUT2D eigenvalue weighted by molar-refractivity contribution is -0.139. The number of methoxy groups -OCH3 is 1. The molecule has 2 aromatic rings. The van der Waals surface area contributed by atoms with Gasteiger partial charge in [0, 0.05) is 13.1 Å². The quantitative estimate of drug-likeness (QED) is 0.925.